The topological polar surface area (TPSA) is 53.9 Å². The van der Waals surface area contributed by atoms with Crippen molar-refractivity contribution in [3.63, 3.8) is 0 Å². The van der Waals surface area contributed by atoms with Crippen LogP contribution in [0.25, 0.3) is 0 Å². The number of ether oxygens (including phenoxy) is 1. The minimum absolute atomic E-state index is 0.271. The summed E-state index contributed by atoms with van der Waals surface area (Å²) in [6, 6.07) is 15.9. The predicted molar refractivity (Wildman–Crippen MR) is 96.4 cm³/mol. The molecule has 0 bridgehead atoms. The molecule has 24 heavy (non-hydrogen) atoms. The second-order valence-corrected chi connectivity index (χ2v) is 5.74. The van der Waals surface area contributed by atoms with Crippen molar-refractivity contribution in [2.45, 2.75) is 19.8 Å². The number of methoxy groups -OCH3 is 1. The molecule has 1 aliphatic rings. The van der Waals surface area contributed by atoms with Gasteiger partial charge < -0.3 is 9.64 Å². The van der Waals surface area contributed by atoms with Gasteiger partial charge >= 0.3 is 5.97 Å². The number of nitrogens with zero attached hydrogens (tertiary/aromatic N) is 2. The van der Waals surface area contributed by atoms with E-state index >= 15 is 0 Å². The molecule has 1 aliphatic heterocycles. The van der Waals surface area contributed by atoms with Crippen LogP contribution in [-0.4, -0.2) is 25.5 Å². The van der Waals surface area contributed by atoms with Crippen LogP contribution in [0.5, 0.6) is 0 Å². The zero-order valence-electron chi connectivity index (χ0n) is 14.0. The summed E-state index contributed by atoms with van der Waals surface area (Å²) >= 11 is 0. The van der Waals surface area contributed by atoms with Gasteiger partial charge in [0.1, 0.15) is 0 Å². The van der Waals surface area contributed by atoms with Crippen molar-refractivity contribution in [1.29, 1.82) is 0 Å². The number of anilines is 2. The van der Waals surface area contributed by atoms with Gasteiger partial charge in [-0.25, -0.2) is 4.79 Å². The lowest BCUT2D eigenvalue weighted by molar-refractivity contribution is -0.132. The number of fused-ring (bicyclic) bond motifs is 1. The predicted octanol–water partition coefficient (Wildman–Crippen LogP) is 3.35. The summed E-state index contributed by atoms with van der Waals surface area (Å²) in [5, 5.41) is 4.37. The van der Waals surface area contributed by atoms with Crippen LogP contribution in [0.1, 0.15) is 17.5 Å². The Balaban J connectivity index is 1.95. The van der Waals surface area contributed by atoms with E-state index in [1.165, 1.54) is 12.7 Å². The quantitative estimate of drug-likeness (QED) is 0.398. The molecule has 2 aromatic carbocycles. The molecule has 5 heteroatoms. The Morgan fingerprint density at radius 3 is 2.71 bits per heavy atom. The average Bonchev–Trinajstić information content (AvgIpc) is 2.63. The second-order valence-electron chi connectivity index (χ2n) is 5.74. The molecule has 0 saturated carbocycles. The number of esters is 1. The first-order valence-electron chi connectivity index (χ1n) is 8.04. The van der Waals surface area contributed by atoms with E-state index in [1.54, 1.807) is 0 Å². The standard InChI is InChI=1S/C19H21N3O2/c1-14-8-3-5-11-16(14)20-21-18(19(23)24-2)22-13-7-10-15-9-4-6-12-17(15)22/h3-6,8-9,11-12,20H,7,10,13H2,1-2H3/b21-18-. The zero-order chi connectivity index (χ0) is 16.9. The lowest BCUT2D eigenvalue weighted by Crippen LogP contribution is -2.41. The van der Waals surface area contributed by atoms with E-state index in [0.29, 0.717) is 0 Å². The number of nitrogens with one attached hydrogen (secondary N) is 1. The van der Waals surface area contributed by atoms with Crippen molar-refractivity contribution in [3.05, 3.63) is 59.7 Å². The molecular formula is C19H21N3O2. The van der Waals surface area contributed by atoms with Gasteiger partial charge in [-0.2, -0.15) is 0 Å². The number of carbonyl (C=O) groups is 1. The largest absolute Gasteiger partial charge is 0.463 e. The highest BCUT2D eigenvalue weighted by Gasteiger charge is 2.26. The van der Waals surface area contributed by atoms with E-state index in [4.69, 9.17) is 4.74 Å². The van der Waals surface area contributed by atoms with Crippen LogP contribution < -0.4 is 10.3 Å². The number of benzene rings is 2. The molecule has 1 heterocycles. The Hall–Kier alpha value is -2.82. The number of para-hydroxylation sites is 2. The van der Waals surface area contributed by atoms with Crippen molar-refractivity contribution < 1.29 is 9.53 Å². The second kappa shape index (κ2) is 7.17. The van der Waals surface area contributed by atoms with Crippen LogP contribution in [0, 0.1) is 6.92 Å². The summed E-state index contributed by atoms with van der Waals surface area (Å²) in [5.74, 6) is -0.180. The van der Waals surface area contributed by atoms with Crippen molar-refractivity contribution in [2.75, 3.05) is 24.0 Å². The lowest BCUT2D eigenvalue weighted by Gasteiger charge is -2.30. The highest BCUT2D eigenvalue weighted by molar-refractivity contribution is 6.41. The highest BCUT2D eigenvalue weighted by Crippen LogP contribution is 2.27. The fourth-order valence-electron chi connectivity index (χ4n) is 2.87. The summed E-state index contributed by atoms with van der Waals surface area (Å²) in [7, 11) is 1.38. The van der Waals surface area contributed by atoms with Gasteiger partial charge in [-0.3, -0.25) is 5.43 Å². The molecular weight excluding hydrogens is 302 g/mol. The number of aryl methyl sites for hydroxylation is 2. The zero-order valence-corrected chi connectivity index (χ0v) is 14.0. The van der Waals surface area contributed by atoms with Gasteiger partial charge in [-0.15, -0.1) is 5.10 Å². The average molecular weight is 323 g/mol. The van der Waals surface area contributed by atoms with Crippen LogP contribution in [0.4, 0.5) is 11.4 Å². The molecule has 0 saturated heterocycles. The third-order valence-corrected chi connectivity index (χ3v) is 4.16. The van der Waals surface area contributed by atoms with Crippen molar-refractivity contribution in [1.82, 2.24) is 0 Å². The van der Waals surface area contributed by atoms with Crippen LogP contribution in [0.15, 0.2) is 53.6 Å². The number of rotatable bonds is 2. The normalized spacial score (nSPS) is 14.1. The number of hydrogen-bond donors (Lipinski definition) is 1. The molecule has 0 unspecified atom stereocenters. The number of hydrazone groups is 1. The molecule has 0 atom stereocenters. The minimum Gasteiger partial charge on any atom is -0.463 e. The minimum atomic E-state index is -0.451. The van der Waals surface area contributed by atoms with Crippen molar-refractivity contribution >= 4 is 23.2 Å². The summed E-state index contributed by atoms with van der Waals surface area (Å²) in [6.07, 6.45) is 1.98. The fourth-order valence-corrected chi connectivity index (χ4v) is 2.87. The SMILES string of the molecule is COC(=O)/C(=N/Nc1ccccc1C)N1CCCc2ccccc21. The first kappa shape index (κ1) is 16.1. The smallest absolute Gasteiger partial charge is 0.376 e. The molecule has 0 spiro atoms. The molecule has 5 nitrogen and oxygen atoms in total. The Bertz CT molecular complexity index is 771. The molecule has 0 aliphatic carbocycles. The maximum absolute atomic E-state index is 12.3. The molecule has 0 aromatic heterocycles. The van der Waals surface area contributed by atoms with Crippen LogP contribution in [0.3, 0.4) is 0 Å². The van der Waals surface area contributed by atoms with Crippen LogP contribution in [0.2, 0.25) is 0 Å². The van der Waals surface area contributed by atoms with E-state index in [1.807, 2.05) is 54.3 Å². The monoisotopic (exact) mass is 323 g/mol. The van der Waals surface area contributed by atoms with Gasteiger partial charge in [-0.1, -0.05) is 36.4 Å². The van der Waals surface area contributed by atoms with Gasteiger partial charge in [-0.05, 0) is 43.0 Å². The fraction of sp³-hybridized carbons (Fsp3) is 0.263. The van der Waals surface area contributed by atoms with E-state index in [0.717, 1.165) is 36.3 Å². The molecule has 3 rings (SSSR count). The van der Waals surface area contributed by atoms with Crippen LogP contribution in [-0.2, 0) is 16.0 Å². The Labute approximate surface area is 141 Å². The Kier molecular flexibility index (Phi) is 4.79. The molecule has 2 aromatic rings. The van der Waals surface area contributed by atoms with E-state index in [9.17, 15) is 4.79 Å². The van der Waals surface area contributed by atoms with Gasteiger partial charge in [0.2, 0.25) is 5.84 Å². The van der Waals surface area contributed by atoms with Crippen LogP contribution >= 0.6 is 0 Å². The molecule has 0 fully saturated rings. The molecule has 0 amide bonds. The van der Waals surface area contributed by atoms with E-state index in [2.05, 4.69) is 16.6 Å². The van der Waals surface area contributed by atoms with Gasteiger partial charge in [0.15, 0.2) is 0 Å². The number of amidine groups is 1. The Morgan fingerprint density at radius 2 is 1.92 bits per heavy atom. The highest BCUT2D eigenvalue weighted by atomic mass is 16.5. The first-order valence-corrected chi connectivity index (χ1v) is 8.04. The van der Waals surface area contributed by atoms with E-state index < -0.39 is 5.97 Å². The molecule has 0 radical (unpaired) electrons. The van der Waals surface area contributed by atoms with Gasteiger partial charge in [0, 0.05) is 12.2 Å². The molecule has 124 valence electrons. The number of carbonyl (C=O) groups excluding carboxylic acids is 1. The maximum Gasteiger partial charge on any atom is 0.376 e. The summed E-state index contributed by atoms with van der Waals surface area (Å²) < 4.78 is 4.95. The lowest BCUT2D eigenvalue weighted by atomic mass is 10.0. The van der Waals surface area contributed by atoms with Crippen molar-refractivity contribution in [2.24, 2.45) is 5.10 Å². The number of hydrogen-bond acceptors (Lipinski definition) is 4. The van der Waals surface area contributed by atoms with Gasteiger partial charge in [0.05, 0.1) is 12.8 Å². The summed E-state index contributed by atoms with van der Waals surface area (Å²) in [5.41, 5.74) is 7.16. The summed E-state index contributed by atoms with van der Waals surface area (Å²) in [4.78, 5) is 14.2. The third kappa shape index (κ3) is 3.25. The Morgan fingerprint density at radius 1 is 1.17 bits per heavy atom. The maximum atomic E-state index is 12.3. The third-order valence-electron chi connectivity index (χ3n) is 4.16. The molecule has 1 N–H and O–H groups in total. The van der Waals surface area contributed by atoms with Gasteiger partial charge in [0.25, 0.3) is 0 Å². The first-order chi connectivity index (χ1) is 11.7. The van der Waals surface area contributed by atoms with E-state index in [-0.39, 0.29) is 5.84 Å². The summed E-state index contributed by atoms with van der Waals surface area (Å²) in [6.45, 7) is 2.73. The van der Waals surface area contributed by atoms with Crippen molar-refractivity contribution in [3.8, 4) is 0 Å².